The molecule has 0 saturated heterocycles. The quantitative estimate of drug-likeness (QED) is 0.846. The van der Waals surface area contributed by atoms with Crippen molar-refractivity contribution in [2.24, 2.45) is 17.8 Å². The average molecular weight is 318 g/mol. The van der Waals surface area contributed by atoms with Crippen LogP contribution in [0.4, 0.5) is 0 Å². The molecule has 3 rings (SSSR count). The number of aliphatic carboxylic acids is 1. The van der Waals surface area contributed by atoms with Crippen LogP contribution >= 0.6 is 0 Å². The number of unbranched alkanes of at least 4 members (excludes halogenated alkanes) is 1. The molecule has 126 valence electrons. The molecule has 0 spiro atoms. The maximum absolute atomic E-state index is 10.8. The zero-order valence-corrected chi connectivity index (χ0v) is 13.7. The lowest BCUT2D eigenvalue weighted by Crippen LogP contribution is -2.27. The SMILES string of the molecule is CCCC[C@@H]1C(O)CC2Cc3c(cccc3OCC(=O)O)CC21. The zero-order valence-electron chi connectivity index (χ0n) is 13.7. The van der Waals surface area contributed by atoms with Crippen molar-refractivity contribution in [3.8, 4) is 5.75 Å². The number of hydrogen-bond donors (Lipinski definition) is 2. The van der Waals surface area contributed by atoms with Gasteiger partial charge in [-0.15, -0.1) is 0 Å². The number of ether oxygens (including phenoxy) is 1. The van der Waals surface area contributed by atoms with E-state index < -0.39 is 5.97 Å². The summed E-state index contributed by atoms with van der Waals surface area (Å²) in [5.74, 6) is 1.21. The van der Waals surface area contributed by atoms with E-state index in [0.29, 0.717) is 23.5 Å². The fourth-order valence-electron chi connectivity index (χ4n) is 4.52. The monoisotopic (exact) mass is 318 g/mol. The van der Waals surface area contributed by atoms with Crippen molar-refractivity contribution in [1.82, 2.24) is 0 Å². The van der Waals surface area contributed by atoms with Gasteiger partial charge in [0.05, 0.1) is 6.10 Å². The summed E-state index contributed by atoms with van der Waals surface area (Å²) >= 11 is 0. The van der Waals surface area contributed by atoms with Gasteiger partial charge in [0.2, 0.25) is 0 Å². The topological polar surface area (TPSA) is 66.8 Å². The first-order valence-corrected chi connectivity index (χ1v) is 8.73. The van der Waals surface area contributed by atoms with Crippen LogP contribution in [0.25, 0.3) is 0 Å². The van der Waals surface area contributed by atoms with E-state index in [1.165, 1.54) is 18.4 Å². The van der Waals surface area contributed by atoms with Crippen LogP contribution in [0, 0.1) is 17.8 Å². The Bertz CT molecular complexity index is 568. The van der Waals surface area contributed by atoms with Crippen LogP contribution in [0.3, 0.4) is 0 Å². The molecule has 2 N–H and O–H groups in total. The Morgan fingerprint density at radius 2 is 2.17 bits per heavy atom. The summed E-state index contributed by atoms with van der Waals surface area (Å²) < 4.78 is 5.47. The molecule has 23 heavy (non-hydrogen) atoms. The van der Waals surface area contributed by atoms with Crippen molar-refractivity contribution in [3.63, 3.8) is 0 Å². The molecule has 2 aliphatic carbocycles. The first-order chi connectivity index (χ1) is 11.1. The summed E-state index contributed by atoms with van der Waals surface area (Å²) in [5, 5.41) is 19.3. The van der Waals surface area contributed by atoms with Crippen LogP contribution in [-0.2, 0) is 17.6 Å². The largest absolute Gasteiger partial charge is 0.482 e. The van der Waals surface area contributed by atoms with E-state index in [0.717, 1.165) is 31.2 Å². The first-order valence-electron chi connectivity index (χ1n) is 8.73. The molecule has 1 aromatic carbocycles. The summed E-state index contributed by atoms with van der Waals surface area (Å²) in [5.41, 5.74) is 2.42. The number of carboxylic acids is 1. The lowest BCUT2D eigenvalue weighted by atomic mass is 9.73. The number of carboxylic acid groups (broad SMARTS) is 1. The van der Waals surface area contributed by atoms with Crippen LogP contribution in [0.1, 0.15) is 43.7 Å². The Hall–Kier alpha value is -1.55. The Balaban J connectivity index is 1.79. The molecular formula is C19H26O4. The summed E-state index contributed by atoms with van der Waals surface area (Å²) in [4.78, 5) is 10.8. The lowest BCUT2D eigenvalue weighted by molar-refractivity contribution is -0.139. The molecule has 0 aliphatic heterocycles. The Morgan fingerprint density at radius 3 is 2.91 bits per heavy atom. The van der Waals surface area contributed by atoms with Crippen molar-refractivity contribution in [2.75, 3.05) is 6.61 Å². The standard InChI is InChI=1S/C19H26O4/c1-2-3-6-14-15-8-12-5-4-7-18(23-11-19(21)22)16(12)9-13(15)10-17(14)20/h4-5,7,13-15,17,20H,2-3,6,8-11H2,1H3,(H,21,22)/t13?,14-,15?,17?/m0/s1. The van der Waals surface area contributed by atoms with E-state index in [1.54, 1.807) is 0 Å². The Kier molecular flexibility index (Phi) is 4.90. The fraction of sp³-hybridized carbons (Fsp3) is 0.632. The van der Waals surface area contributed by atoms with E-state index in [-0.39, 0.29) is 12.7 Å². The Labute approximate surface area is 137 Å². The molecule has 3 unspecified atom stereocenters. The molecular weight excluding hydrogens is 292 g/mol. The molecule has 0 bridgehead atoms. The van der Waals surface area contributed by atoms with Crippen LogP contribution in [-0.4, -0.2) is 28.9 Å². The van der Waals surface area contributed by atoms with Crippen molar-refractivity contribution in [3.05, 3.63) is 29.3 Å². The van der Waals surface area contributed by atoms with Crippen LogP contribution in [0.15, 0.2) is 18.2 Å². The second kappa shape index (κ2) is 6.91. The van der Waals surface area contributed by atoms with Gasteiger partial charge in [0.1, 0.15) is 5.75 Å². The van der Waals surface area contributed by atoms with E-state index in [9.17, 15) is 9.90 Å². The Morgan fingerprint density at radius 1 is 1.35 bits per heavy atom. The molecule has 4 atom stereocenters. The fourth-order valence-corrected chi connectivity index (χ4v) is 4.52. The number of aliphatic hydroxyl groups excluding tert-OH is 1. The first kappa shape index (κ1) is 16.3. The minimum absolute atomic E-state index is 0.186. The van der Waals surface area contributed by atoms with Gasteiger partial charge in [-0.1, -0.05) is 31.9 Å². The molecule has 1 fully saturated rings. The third kappa shape index (κ3) is 3.37. The number of carbonyl (C=O) groups is 1. The second-order valence-corrected chi connectivity index (χ2v) is 7.02. The lowest BCUT2D eigenvalue weighted by Gasteiger charge is -2.32. The summed E-state index contributed by atoms with van der Waals surface area (Å²) in [6.45, 7) is 1.90. The molecule has 0 amide bonds. The highest BCUT2D eigenvalue weighted by atomic mass is 16.5. The highest BCUT2D eigenvalue weighted by Gasteiger charge is 2.44. The molecule has 2 aliphatic rings. The van der Waals surface area contributed by atoms with Crippen LogP contribution in [0.2, 0.25) is 0 Å². The van der Waals surface area contributed by atoms with Crippen molar-refractivity contribution < 1.29 is 19.7 Å². The third-order valence-corrected chi connectivity index (χ3v) is 5.59. The predicted molar refractivity (Wildman–Crippen MR) is 87.6 cm³/mol. The molecule has 0 heterocycles. The van der Waals surface area contributed by atoms with Crippen LogP contribution < -0.4 is 4.74 Å². The van der Waals surface area contributed by atoms with E-state index in [1.807, 2.05) is 12.1 Å². The number of aliphatic hydroxyl groups is 1. The third-order valence-electron chi connectivity index (χ3n) is 5.59. The highest BCUT2D eigenvalue weighted by Crippen LogP contribution is 2.48. The van der Waals surface area contributed by atoms with Gasteiger partial charge in [-0.05, 0) is 60.6 Å². The minimum atomic E-state index is -0.952. The van der Waals surface area contributed by atoms with E-state index >= 15 is 0 Å². The number of benzene rings is 1. The van der Waals surface area contributed by atoms with E-state index in [2.05, 4.69) is 13.0 Å². The van der Waals surface area contributed by atoms with Gasteiger partial charge in [-0.3, -0.25) is 0 Å². The average Bonchev–Trinajstić information content (AvgIpc) is 2.83. The molecule has 0 aromatic heterocycles. The van der Waals surface area contributed by atoms with E-state index in [4.69, 9.17) is 9.84 Å². The van der Waals surface area contributed by atoms with Crippen molar-refractivity contribution >= 4 is 5.97 Å². The second-order valence-electron chi connectivity index (χ2n) is 7.02. The number of hydrogen-bond acceptors (Lipinski definition) is 3. The van der Waals surface area contributed by atoms with Crippen molar-refractivity contribution in [2.45, 2.75) is 51.6 Å². The summed E-state index contributed by atoms with van der Waals surface area (Å²) in [6.07, 6.45) is 6.03. The maximum atomic E-state index is 10.8. The highest BCUT2D eigenvalue weighted by molar-refractivity contribution is 5.68. The summed E-state index contributed by atoms with van der Waals surface area (Å²) in [6, 6.07) is 5.94. The molecule has 0 radical (unpaired) electrons. The molecule has 1 saturated carbocycles. The van der Waals surface area contributed by atoms with Crippen LogP contribution in [0.5, 0.6) is 5.75 Å². The van der Waals surface area contributed by atoms with Gasteiger partial charge < -0.3 is 14.9 Å². The van der Waals surface area contributed by atoms with Gasteiger partial charge in [-0.25, -0.2) is 4.79 Å². The maximum Gasteiger partial charge on any atom is 0.341 e. The minimum Gasteiger partial charge on any atom is -0.482 e. The number of rotatable bonds is 6. The molecule has 4 heteroatoms. The predicted octanol–water partition coefficient (Wildman–Crippen LogP) is 3.05. The van der Waals surface area contributed by atoms with Gasteiger partial charge in [-0.2, -0.15) is 0 Å². The smallest absolute Gasteiger partial charge is 0.341 e. The summed E-state index contributed by atoms with van der Waals surface area (Å²) in [7, 11) is 0. The molecule has 4 nitrogen and oxygen atoms in total. The van der Waals surface area contributed by atoms with Gasteiger partial charge >= 0.3 is 5.97 Å². The zero-order chi connectivity index (χ0) is 16.4. The van der Waals surface area contributed by atoms with Gasteiger partial charge in [0.25, 0.3) is 0 Å². The number of fused-ring (bicyclic) bond motifs is 2. The van der Waals surface area contributed by atoms with Gasteiger partial charge in [0, 0.05) is 0 Å². The molecule has 1 aromatic rings. The van der Waals surface area contributed by atoms with Gasteiger partial charge in [0.15, 0.2) is 6.61 Å². The normalized spacial score (nSPS) is 29.0. The van der Waals surface area contributed by atoms with Crippen molar-refractivity contribution in [1.29, 1.82) is 0 Å².